The molecule has 9 heteroatoms. The summed E-state index contributed by atoms with van der Waals surface area (Å²) in [5.41, 5.74) is 0. The van der Waals surface area contributed by atoms with E-state index < -0.39 is 33.2 Å². The van der Waals surface area contributed by atoms with E-state index in [2.05, 4.69) is 6.92 Å². The molecule has 0 spiro atoms. The van der Waals surface area contributed by atoms with Crippen LogP contribution in [0.4, 0.5) is 0 Å². The Morgan fingerprint density at radius 1 is 0.885 bits per heavy atom. The van der Waals surface area contributed by atoms with Gasteiger partial charge in [-0.1, -0.05) is 52.4 Å². The molecule has 0 saturated heterocycles. The van der Waals surface area contributed by atoms with E-state index in [4.69, 9.17) is 9.47 Å². The van der Waals surface area contributed by atoms with Crippen LogP contribution >= 0.6 is 0 Å². The van der Waals surface area contributed by atoms with E-state index in [1.807, 2.05) is 6.92 Å². The molecule has 0 bridgehead atoms. The van der Waals surface area contributed by atoms with Crippen LogP contribution in [0.15, 0.2) is 0 Å². The molecular formula is C17H33NaO7S. The van der Waals surface area contributed by atoms with E-state index >= 15 is 0 Å². The molecule has 150 valence electrons. The van der Waals surface area contributed by atoms with Crippen molar-refractivity contribution in [3.8, 4) is 0 Å². The van der Waals surface area contributed by atoms with Crippen LogP contribution < -0.4 is 0 Å². The number of hydrogen-bond acceptors (Lipinski definition) is 6. The van der Waals surface area contributed by atoms with Crippen LogP contribution in [0.2, 0.25) is 0 Å². The van der Waals surface area contributed by atoms with Crippen molar-refractivity contribution in [2.45, 2.75) is 83.3 Å². The molecule has 7 nitrogen and oxygen atoms in total. The molecule has 26 heavy (non-hydrogen) atoms. The third-order valence-corrected chi connectivity index (χ3v) is 5.42. The summed E-state index contributed by atoms with van der Waals surface area (Å²) >= 11 is 0. The van der Waals surface area contributed by atoms with Crippen molar-refractivity contribution in [3.05, 3.63) is 0 Å². The van der Waals surface area contributed by atoms with E-state index in [0.717, 1.165) is 45.4 Å². The Bertz CT molecular complexity index is 507. The summed E-state index contributed by atoms with van der Waals surface area (Å²) in [4.78, 5) is 24.0. The number of ether oxygens (including phenoxy) is 2. The molecular weight excluding hydrogens is 371 g/mol. The van der Waals surface area contributed by atoms with Gasteiger partial charge in [-0.15, -0.1) is 0 Å². The minimum absolute atomic E-state index is 0. The van der Waals surface area contributed by atoms with E-state index in [9.17, 15) is 22.6 Å². The summed E-state index contributed by atoms with van der Waals surface area (Å²) in [6.45, 7) is 5.28. The number of unbranched alkanes of at least 4 members (excludes halogenated alkanes) is 6. The first-order valence-electron chi connectivity index (χ1n) is 8.99. The molecule has 0 amide bonds. The molecule has 0 aliphatic rings. The van der Waals surface area contributed by atoms with Crippen LogP contribution in [0.5, 0.6) is 0 Å². The Kier molecular flexibility index (Phi) is 16.0. The third-order valence-electron chi connectivity index (χ3n) is 3.97. The predicted octanol–water partition coefficient (Wildman–Crippen LogP) is 2.62. The van der Waals surface area contributed by atoms with Gasteiger partial charge in [0.2, 0.25) is 4.75 Å². The monoisotopic (exact) mass is 404 g/mol. The summed E-state index contributed by atoms with van der Waals surface area (Å²) in [5, 5.41) is 0. The molecule has 1 unspecified atom stereocenters. The van der Waals surface area contributed by atoms with Gasteiger partial charge in [-0.3, -0.25) is 14.1 Å². The SMILES string of the molecule is CCCCCCOC(=O)CC(C)(C(=O)OCCCCCC)S(=O)(=O)O.[NaH]. The van der Waals surface area contributed by atoms with Crippen molar-refractivity contribution < 1.29 is 32.0 Å². The zero-order chi connectivity index (χ0) is 19.3. The van der Waals surface area contributed by atoms with Crippen LogP contribution in [-0.4, -0.2) is 72.4 Å². The fourth-order valence-electron chi connectivity index (χ4n) is 2.16. The summed E-state index contributed by atoms with van der Waals surface area (Å²) in [7, 11) is -4.82. The number of esters is 2. The third kappa shape index (κ3) is 10.9. The van der Waals surface area contributed by atoms with Crippen molar-refractivity contribution in [1.82, 2.24) is 0 Å². The van der Waals surface area contributed by atoms with Gasteiger partial charge in [0.15, 0.2) is 0 Å². The Hall–Kier alpha value is -0.150. The van der Waals surface area contributed by atoms with E-state index in [1.54, 1.807) is 0 Å². The second-order valence-corrected chi connectivity index (χ2v) is 8.21. The van der Waals surface area contributed by atoms with Crippen molar-refractivity contribution in [1.29, 1.82) is 0 Å². The molecule has 0 heterocycles. The molecule has 0 aromatic carbocycles. The van der Waals surface area contributed by atoms with E-state index in [1.165, 1.54) is 0 Å². The fraction of sp³-hybridized carbons (Fsp3) is 0.882. The first kappa shape index (κ1) is 28.1. The normalized spacial score (nSPS) is 13.4. The van der Waals surface area contributed by atoms with Crippen molar-refractivity contribution in [2.75, 3.05) is 13.2 Å². The average Bonchev–Trinajstić information content (AvgIpc) is 2.53. The summed E-state index contributed by atoms with van der Waals surface area (Å²) in [6, 6.07) is 0. The van der Waals surface area contributed by atoms with Gasteiger partial charge in [0.25, 0.3) is 10.1 Å². The Balaban J connectivity index is 0. The second-order valence-electron chi connectivity index (χ2n) is 6.36. The topological polar surface area (TPSA) is 107 Å². The average molecular weight is 405 g/mol. The molecule has 0 fully saturated rings. The van der Waals surface area contributed by atoms with Gasteiger partial charge in [0.1, 0.15) is 0 Å². The van der Waals surface area contributed by atoms with Gasteiger partial charge in [-0.2, -0.15) is 8.42 Å². The maximum absolute atomic E-state index is 12.1. The first-order valence-corrected chi connectivity index (χ1v) is 10.4. The number of carbonyl (C=O) groups excluding carboxylic acids is 2. The van der Waals surface area contributed by atoms with Crippen molar-refractivity contribution in [3.63, 3.8) is 0 Å². The quantitative estimate of drug-likeness (QED) is 0.205. The Morgan fingerprint density at radius 2 is 1.35 bits per heavy atom. The minimum atomic E-state index is -4.82. The molecule has 1 atom stereocenters. The molecule has 0 aliphatic carbocycles. The molecule has 0 radical (unpaired) electrons. The van der Waals surface area contributed by atoms with Crippen molar-refractivity contribution in [2.24, 2.45) is 0 Å². The van der Waals surface area contributed by atoms with Gasteiger partial charge in [0, 0.05) is 0 Å². The number of hydrogen-bond donors (Lipinski definition) is 1. The van der Waals surface area contributed by atoms with Crippen LogP contribution in [0.1, 0.15) is 78.6 Å². The number of carbonyl (C=O) groups is 2. The van der Waals surface area contributed by atoms with Gasteiger partial charge in [0.05, 0.1) is 19.6 Å². The molecule has 0 rings (SSSR count). The zero-order valence-electron chi connectivity index (χ0n) is 15.6. The molecule has 0 aromatic rings. The predicted molar refractivity (Wildman–Crippen MR) is 102 cm³/mol. The molecule has 0 aromatic heterocycles. The summed E-state index contributed by atoms with van der Waals surface area (Å²) in [6.07, 6.45) is 6.31. The van der Waals surface area contributed by atoms with Crippen molar-refractivity contribution >= 4 is 51.6 Å². The second kappa shape index (κ2) is 14.9. The van der Waals surface area contributed by atoms with E-state index in [-0.39, 0.29) is 42.8 Å². The van der Waals surface area contributed by atoms with Crippen LogP contribution in [-0.2, 0) is 29.2 Å². The fourth-order valence-corrected chi connectivity index (χ4v) is 2.73. The van der Waals surface area contributed by atoms with Gasteiger partial charge < -0.3 is 9.47 Å². The summed E-state index contributed by atoms with van der Waals surface area (Å²) < 4.78 is 40.2. The Morgan fingerprint density at radius 3 is 1.77 bits per heavy atom. The molecule has 0 saturated carbocycles. The zero-order valence-corrected chi connectivity index (χ0v) is 16.4. The summed E-state index contributed by atoms with van der Waals surface area (Å²) in [5.74, 6) is -1.98. The first-order chi connectivity index (χ1) is 11.7. The number of rotatable bonds is 14. The molecule has 0 aliphatic heterocycles. The van der Waals surface area contributed by atoms with Crippen LogP contribution in [0.3, 0.4) is 0 Å². The Labute approximate surface area is 179 Å². The van der Waals surface area contributed by atoms with Crippen LogP contribution in [0.25, 0.3) is 0 Å². The van der Waals surface area contributed by atoms with Gasteiger partial charge >= 0.3 is 41.5 Å². The maximum atomic E-state index is 12.1. The van der Waals surface area contributed by atoms with Gasteiger partial charge in [-0.25, -0.2) is 0 Å². The van der Waals surface area contributed by atoms with Crippen LogP contribution in [0, 0.1) is 0 Å². The standard InChI is InChI=1S/C17H32O7S.Na.H/c1-4-6-8-10-12-23-15(18)14-17(3,25(20,21)22)16(19)24-13-11-9-7-5-2;;/h4-14H2,1-3H3,(H,20,21,22);;. The molecule has 1 N–H and O–H groups in total. The van der Waals surface area contributed by atoms with Gasteiger partial charge in [-0.05, 0) is 19.8 Å². The van der Waals surface area contributed by atoms with E-state index in [0.29, 0.717) is 12.8 Å².